The number of ether oxygens (including phenoxy) is 1. The van der Waals surface area contributed by atoms with E-state index < -0.39 is 0 Å². The molecule has 0 bridgehead atoms. The van der Waals surface area contributed by atoms with Crippen molar-refractivity contribution in [3.63, 3.8) is 0 Å². The highest BCUT2D eigenvalue weighted by molar-refractivity contribution is 9.10. The van der Waals surface area contributed by atoms with Gasteiger partial charge in [-0.15, -0.1) is 0 Å². The fraction of sp³-hybridized carbons (Fsp3) is 0.571. The van der Waals surface area contributed by atoms with Crippen LogP contribution in [0.15, 0.2) is 28.7 Å². The van der Waals surface area contributed by atoms with Gasteiger partial charge in [-0.05, 0) is 37.1 Å². The van der Waals surface area contributed by atoms with Crippen LogP contribution in [0.2, 0.25) is 0 Å². The fourth-order valence-corrected chi connectivity index (χ4v) is 2.78. The summed E-state index contributed by atoms with van der Waals surface area (Å²) in [4.78, 5) is 0. The lowest BCUT2D eigenvalue weighted by atomic mass is 9.95. The van der Waals surface area contributed by atoms with Crippen LogP contribution >= 0.6 is 15.9 Å². The van der Waals surface area contributed by atoms with E-state index in [4.69, 9.17) is 4.74 Å². The Balaban J connectivity index is 1.99. The van der Waals surface area contributed by atoms with E-state index in [1.54, 1.807) is 0 Å². The maximum absolute atomic E-state index is 5.88. The summed E-state index contributed by atoms with van der Waals surface area (Å²) in [7, 11) is 0. The van der Waals surface area contributed by atoms with Gasteiger partial charge in [0.25, 0.3) is 0 Å². The molecule has 1 N–H and O–H groups in total. The summed E-state index contributed by atoms with van der Waals surface area (Å²) in [5.41, 5.74) is 1.29. The Kier molecular flexibility index (Phi) is 5.01. The van der Waals surface area contributed by atoms with Crippen LogP contribution < -0.4 is 5.32 Å². The molecule has 1 aromatic rings. The molecule has 0 saturated carbocycles. The first-order valence-electron chi connectivity index (χ1n) is 6.39. The number of benzene rings is 1. The van der Waals surface area contributed by atoms with Crippen molar-refractivity contribution in [2.45, 2.75) is 25.9 Å². The molecule has 1 saturated heterocycles. The van der Waals surface area contributed by atoms with Crippen molar-refractivity contribution in [1.29, 1.82) is 0 Å². The Morgan fingerprint density at radius 3 is 3.12 bits per heavy atom. The van der Waals surface area contributed by atoms with E-state index in [1.165, 1.54) is 12.0 Å². The third-order valence-electron chi connectivity index (χ3n) is 3.22. The summed E-state index contributed by atoms with van der Waals surface area (Å²) >= 11 is 3.52. The van der Waals surface area contributed by atoms with Crippen molar-refractivity contribution in [2.24, 2.45) is 5.92 Å². The molecule has 0 amide bonds. The average Bonchev–Trinajstić information content (AvgIpc) is 2.78. The molecule has 2 unspecified atom stereocenters. The van der Waals surface area contributed by atoms with Gasteiger partial charge in [0.1, 0.15) is 0 Å². The van der Waals surface area contributed by atoms with Crippen LogP contribution in [0.3, 0.4) is 0 Å². The Morgan fingerprint density at radius 1 is 1.47 bits per heavy atom. The van der Waals surface area contributed by atoms with Crippen molar-refractivity contribution >= 4 is 15.9 Å². The van der Waals surface area contributed by atoms with Crippen LogP contribution in [0.5, 0.6) is 0 Å². The Hall–Kier alpha value is -0.380. The lowest BCUT2D eigenvalue weighted by Gasteiger charge is -2.19. The average molecular weight is 298 g/mol. The predicted molar refractivity (Wildman–Crippen MR) is 74.1 cm³/mol. The van der Waals surface area contributed by atoms with Gasteiger partial charge in [-0.1, -0.05) is 35.0 Å². The predicted octanol–water partition coefficient (Wildman–Crippen LogP) is 3.53. The van der Waals surface area contributed by atoms with Crippen LogP contribution in [-0.4, -0.2) is 19.7 Å². The number of hydrogen-bond donors (Lipinski definition) is 1. The minimum Gasteiger partial charge on any atom is -0.373 e. The molecule has 3 heteroatoms. The van der Waals surface area contributed by atoms with Gasteiger partial charge < -0.3 is 10.1 Å². The lowest BCUT2D eigenvalue weighted by molar-refractivity contribution is 0.0905. The number of nitrogens with one attached hydrogen (secondary N) is 1. The van der Waals surface area contributed by atoms with Crippen molar-refractivity contribution in [2.75, 3.05) is 19.7 Å². The summed E-state index contributed by atoms with van der Waals surface area (Å²) in [6.07, 6.45) is 2.61. The molecular weight excluding hydrogens is 278 g/mol. The molecule has 0 aliphatic carbocycles. The van der Waals surface area contributed by atoms with E-state index in [0.717, 1.165) is 30.6 Å². The normalized spacial score (nSPS) is 24.1. The van der Waals surface area contributed by atoms with E-state index >= 15 is 0 Å². The summed E-state index contributed by atoms with van der Waals surface area (Å²) in [5, 5.41) is 3.50. The monoisotopic (exact) mass is 297 g/mol. The standard InChI is InChI=1S/C14H20BrNO/c1-2-7-16-10-12-6-8-17-14(12)11-4-3-5-13(15)9-11/h3-5,9,12,14,16H,2,6-8,10H2,1H3. The summed E-state index contributed by atoms with van der Waals surface area (Å²) < 4.78 is 7.01. The van der Waals surface area contributed by atoms with Crippen LogP contribution in [0.1, 0.15) is 31.4 Å². The molecule has 2 nitrogen and oxygen atoms in total. The highest BCUT2D eigenvalue weighted by Crippen LogP contribution is 2.34. The highest BCUT2D eigenvalue weighted by atomic mass is 79.9. The quantitative estimate of drug-likeness (QED) is 0.840. The molecule has 0 aromatic heterocycles. The Bertz CT molecular complexity index is 356. The first-order valence-corrected chi connectivity index (χ1v) is 7.18. The molecule has 0 radical (unpaired) electrons. The molecule has 0 spiro atoms. The summed E-state index contributed by atoms with van der Waals surface area (Å²) in [6, 6.07) is 8.47. The Labute approximate surface area is 112 Å². The van der Waals surface area contributed by atoms with E-state index in [-0.39, 0.29) is 6.10 Å². The molecule has 1 aromatic carbocycles. The minimum absolute atomic E-state index is 0.261. The van der Waals surface area contributed by atoms with Crippen LogP contribution in [0.25, 0.3) is 0 Å². The molecule has 2 rings (SSSR count). The van der Waals surface area contributed by atoms with E-state index in [9.17, 15) is 0 Å². The topological polar surface area (TPSA) is 21.3 Å². The van der Waals surface area contributed by atoms with Crippen molar-refractivity contribution < 1.29 is 4.74 Å². The third kappa shape index (κ3) is 3.54. The van der Waals surface area contributed by atoms with Crippen molar-refractivity contribution in [1.82, 2.24) is 5.32 Å². The zero-order valence-corrected chi connectivity index (χ0v) is 11.9. The molecule has 1 fully saturated rings. The zero-order valence-electron chi connectivity index (χ0n) is 10.3. The number of hydrogen-bond acceptors (Lipinski definition) is 2. The highest BCUT2D eigenvalue weighted by Gasteiger charge is 2.29. The van der Waals surface area contributed by atoms with Crippen LogP contribution in [0, 0.1) is 5.92 Å². The SMILES string of the molecule is CCCNCC1CCOC1c1cccc(Br)c1. The van der Waals surface area contributed by atoms with Crippen LogP contribution in [-0.2, 0) is 4.74 Å². The largest absolute Gasteiger partial charge is 0.373 e. The second-order valence-corrected chi connectivity index (χ2v) is 5.51. The van der Waals surface area contributed by atoms with Gasteiger partial charge >= 0.3 is 0 Å². The van der Waals surface area contributed by atoms with E-state index in [0.29, 0.717) is 5.92 Å². The molecular formula is C14H20BrNO. The number of rotatable bonds is 5. The van der Waals surface area contributed by atoms with Gasteiger partial charge in [-0.25, -0.2) is 0 Å². The maximum Gasteiger partial charge on any atom is 0.0866 e. The molecule has 2 atom stereocenters. The molecule has 17 heavy (non-hydrogen) atoms. The van der Waals surface area contributed by atoms with Gasteiger partial charge in [0.2, 0.25) is 0 Å². The van der Waals surface area contributed by atoms with Gasteiger partial charge in [-0.3, -0.25) is 0 Å². The maximum atomic E-state index is 5.88. The van der Waals surface area contributed by atoms with Crippen molar-refractivity contribution in [3.8, 4) is 0 Å². The van der Waals surface area contributed by atoms with Gasteiger partial charge in [0.05, 0.1) is 6.10 Å². The van der Waals surface area contributed by atoms with Gasteiger partial charge in [0.15, 0.2) is 0 Å². The summed E-state index contributed by atoms with van der Waals surface area (Å²) in [6.45, 7) is 5.24. The Morgan fingerprint density at radius 2 is 2.35 bits per heavy atom. The zero-order chi connectivity index (χ0) is 12.1. The molecule has 1 aliphatic heterocycles. The van der Waals surface area contributed by atoms with Crippen molar-refractivity contribution in [3.05, 3.63) is 34.3 Å². The van der Waals surface area contributed by atoms with E-state index in [1.807, 2.05) is 0 Å². The molecule has 1 aliphatic rings. The van der Waals surface area contributed by atoms with E-state index in [2.05, 4.69) is 52.4 Å². The lowest BCUT2D eigenvalue weighted by Crippen LogP contribution is -2.25. The fourth-order valence-electron chi connectivity index (χ4n) is 2.36. The third-order valence-corrected chi connectivity index (χ3v) is 3.72. The summed E-state index contributed by atoms with van der Waals surface area (Å²) in [5.74, 6) is 0.607. The van der Waals surface area contributed by atoms with Gasteiger partial charge in [0, 0.05) is 23.5 Å². The second kappa shape index (κ2) is 6.53. The first kappa shape index (κ1) is 13.1. The second-order valence-electron chi connectivity index (χ2n) is 4.60. The number of halogens is 1. The van der Waals surface area contributed by atoms with Gasteiger partial charge in [-0.2, -0.15) is 0 Å². The molecule has 1 heterocycles. The first-order chi connectivity index (χ1) is 8.31. The minimum atomic E-state index is 0.261. The van der Waals surface area contributed by atoms with Crippen LogP contribution in [0.4, 0.5) is 0 Å². The smallest absolute Gasteiger partial charge is 0.0866 e. The molecule has 94 valence electrons.